The van der Waals surface area contributed by atoms with Crippen LogP contribution in [0.2, 0.25) is 5.02 Å². The van der Waals surface area contributed by atoms with E-state index in [1.165, 1.54) is 16.9 Å². The summed E-state index contributed by atoms with van der Waals surface area (Å²) in [4.78, 5) is 26.8. The van der Waals surface area contributed by atoms with Gasteiger partial charge >= 0.3 is 0 Å². The van der Waals surface area contributed by atoms with E-state index in [4.69, 9.17) is 11.6 Å². The third-order valence-corrected chi connectivity index (χ3v) is 7.42. The van der Waals surface area contributed by atoms with Gasteiger partial charge in [-0.2, -0.15) is 0 Å². The van der Waals surface area contributed by atoms with Gasteiger partial charge in [0.15, 0.2) is 5.13 Å². The van der Waals surface area contributed by atoms with Crippen molar-refractivity contribution in [3.63, 3.8) is 0 Å². The number of hydrogen-bond acceptors (Lipinski definition) is 7. The average Bonchev–Trinajstić information content (AvgIpc) is 3.24. The Morgan fingerprint density at radius 1 is 1.11 bits per heavy atom. The zero-order chi connectivity index (χ0) is 24.4. The smallest absolute Gasteiger partial charge is 0.255 e. The molecule has 0 aliphatic carbocycles. The topological polar surface area (TPSA) is 73.4 Å². The maximum atomic E-state index is 12.9. The molecule has 3 heterocycles. The third kappa shape index (κ3) is 5.62. The van der Waals surface area contributed by atoms with Crippen molar-refractivity contribution in [1.29, 1.82) is 0 Å². The van der Waals surface area contributed by atoms with E-state index in [2.05, 4.69) is 49.6 Å². The van der Waals surface area contributed by atoms with Crippen molar-refractivity contribution in [2.45, 2.75) is 13.5 Å². The summed E-state index contributed by atoms with van der Waals surface area (Å²) in [5.41, 5.74) is 4.16. The van der Waals surface area contributed by atoms with Gasteiger partial charge in [-0.25, -0.2) is 9.97 Å². The number of halogens is 1. The molecule has 0 spiro atoms. The van der Waals surface area contributed by atoms with E-state index in [0.717, 1.165) is 59.5 Å². The molecule has 0 saturated carbocycles. The van der Waals surface area contributed by atoms with Crippen LogP contribution in [0.3, 0.4) is 0 Å². The Hall–Kier alpha value is -3.04. The number of para-hydroxylation sites is 1. The van der Waals surface area contributed by atoms with Gasteiger partial charge in [-0.15, -0.1) is 0 Å². The monoisotopic (exact) mass is 506 g/mol. The van der Waals surface area contributed by atoms with Crippen molar-refractivity contribution < 1.29 is 4.79 Å². The molecule has 1 fully saturated rings. The minimum Gasteiger partial charge on any atom is -0.320 e. The molecule has 2 aromatic heterocycles. The average molecular weight is 507 g/mol. The van der Waals surface area contributed by atoms with Crippen LogP contribution in [0.15, 0.2) is 54.7 Å². The highest BCUT2D eigenvalue weighted by molar-refractivity contribution is 7.22. The van der Waals surface area contributed by atoms with Crippen molar-refractivity contribution in [1.82, 2.24) is 19.8 Å². The van der Waals surface area contributed by atoms with Gasteiger partial charge in [0.1, 0.15) is 5.82 Å². The van der Waals surface area contributed by atoms with Gasteiger partial charge in [0.2, 0.25) is 0 Å². The van der Waals surface area contributed by atoms with E-state index in [0.29, 0.717) is 16.3 Å². The number of pyridine rings is 1. The number of nitrogens with zero attached hydrogens (tertiary/aromatic N) is 4. The molecule has 4 aromatic rings. The SMILES string of the molecule is Cc1cccc(Cl)c1NC(=O)c1ccc2nc(Nc3cc(CN4CCN(C)CC4)ccn3)sc2c1. The normalized spacial score (nSPS) is 14.8. The van der Waals surface area contributed by atoms with Crippen molar-refractivity contribution in [2.24, 2.45) is 0 Å². The molecule has 1 aliphatic heterocycles. The molecule has 2 aromatic carbocycles. The lowest BCUT2D eigenvalue weighted by molar-refractivity contribution is 0.102. The second-order valence-corrected chi connectivity index (χ2v) is 10.3. The Morgan fingerprint density at radius 3 is 2.74 bits per heavy atom. The second-order valence-electron chi connectivity index (χ2n) is 8.84. The second kappa shape index (κ2) is 10.3. The number of likely N-dealkylation sites (N-methyl/N-ethyl adjacent to an activating group) is 1. The van der Waals surface area contributed by atoms with E-state index in [1.807, 2.05) is 37.4 Å². The number of aromatic nitrogens is 2. The summed E-state index contributed by atoms with van der Waals surface area (Å²) in [7, 11) is 2.17. The molecule has 0 radical (unpaired) electrons. The molecule has 35 heavy (non-hydrogen) atoms. The number of nitrogens with one attached hydrogen (secondary N) is 2. The standard InChI is InChI=1S/C26H27ClN6OS/c1-17-4-3-5-20(27)24(17)31-25(34)19-6-7-21-22(15-19)35-26(29-21)30-23-14-18(8-9-28-23)16-33-12-10-32(2)11-13-33/h3-9,14-15H,10-13,16H2,1-2H3,(H,31,34)(H,28,29,30). The van der Waals surface area contributed by atoms with Gasteiger partial charge in [-0.05, 0) is 61.5 Å². The van der Waals surface area contributed by atoms with E-state index in [1.54, 1.807) is 12.1 Å². The van der Waals surface area contributed by atoms with Crippen molar-refractivity contribution in [3.8, 4) is 0 Å². The summed E-state index contributed by atoms with van der Waals surface area (Å²) in [6.07, 6.45) is 1.83. The van der Waals surface area contributed by atoms with Gasteiger partial charge in [-0.3, -0.25) is 9.69 Å². The summed E-state index contributed by atoms with van der Waals surface area (Å²) in [6, 6.07) is 15.2. The molecule has 9 heteroatoms. The van der Waals surface area contributed by atoms with Gasteiger partial charge in [0, 0.05) is 44.5 Å². The number of amides is 1. The van der Waals surface area contributed by atoms with E-state index >= 15 is 0 Å². The van der Waals surface area contributed by atoms with Gasteiger partial charge in [0.25, 0.3) is 5.91 Å². The van der Waals surface area contributed by atoms with Crippen LogP contribution >= 0.6 is 22.9 Å². The fourth-order valence-corrected chi connectivity index (χ4v) is 5.29. The first-order valence-electron chi connectivity index (χ1n) is 11.5. The molecule has 180 valence electrons. The first-order chi connectivity index (χ1) is 16.9. The first kappa shape index (κ1) is 23.7. The Balaban J connectivity index is 1.28. The highest BCUT2D eigenvalue weighted by Crippen LogP contribution is 2.30. The molecule has 5 rings (SSSR count). The maximum absolute atomic E-state index is 12.9. The zero-order valence-corrected chi connectivity index (χ0v) is 21.3. The van der Waals surface area contributed by atoms with Crippen LogP contribution in [0.4, 0.5) is 16.6 Å². The molecule has 7 nitrogen and oxygen atoms in total. The molecular formula is C26H27ClN6OS. The third-order valence-electron chi connectivity index (χ3n) is 6.17. The summed E-state index contributed by atoms with van der Waals surface area (Å²) in [5.74, 6) is 0.562. The molecule has 1 amide bonds. The number of carbonyl (C=O) groups is 1. The van der Waals surface area contributed by atoms with E-state index in [9.17, 15) is 4.79 Å². The Bertz CT molecular complexity index is 1340. The summed E-state index contributed by atoms with van der Waals surface area (Å²) >= 11 is 7.76. The molecule has 0 unspecified atom stereocenters. The van der Waals surface area contributed by atoms with Crippen molar-refractivity contribution in [3.05, 3.63) is 76.4 Å². The largest absolute Gasteiger partial charge is 0.320 e. The number of hydrogen-bond donors (Lipinski definition) is 2. The van der Waals surface area contributed by atoms with Crippen LogP contribution in [0, 0.1) is 6.92 Å². The maximum Gasteiger partial charge on any atom is 0.255 e. The lowest BCUT2D eigenvalue weighted by Crippen LogP contribution is -2.43. The summed E-state index contributed by atoms with van der Waals surface area (Å²) < 4.78 is 0.921. The van der Waals surface area contributed by atoms with Gasteiger partial charge in [-0.1, -0.05) is 35.1 Å². The molecular weight excluding hydrogens is 480 g/mol. The van der Waals surface area contributed by atoms with Gasteiger partial charge < -0.3 is 15.5 Å². The molecule has 2 N–H and O–H groups in total. The van der Waals surface area contributed by atoms with E-state index < -0.39 is 0 Å². The lowest BCUT2D eigenvalue weighted by atomic mass is 10.1. The van der Waals surface area contributed by atoms with Crippen LogP contribution in [0.5, 0.6) is 0 Å². The van der Waals surface area contributed by atoms with Crippen LogP contribution < -0.4 is 10.6 Å². The number of thiazole rings is 1. The first-order valence-corrected chi connectivity index (χ1v) is 12.7. The molecule has 0 atom stereocenters. The Morgan fingerprint density at radius 2 is 1.94 bits per heavy atom. The number of piperazine rings is 1. The molecule has 0 bridgehead atoms. The predicted octanol–water partition coefficient (Wildman–Crippen LogP) is 5.40. The zero-order valence-electron chi connectivity index (χ0n) is 19.7. The number of carbonyl (C=O) groups excluding carboxylic acids is 1. The van der Waals surface area contributed by atoms with E-state index in [-0.39, 0.29) is 5.91 Å². The number of anilines is 3. The van der Waals surface area contributed by atoms with Crippen molar-refractivity contribution >= 4 is 55.7 Å². The Kier molecular flexibility index (Phi) is 6.97. The number of aryl methyl sites for hydroxylation is 1. The van der Waals surface area contributed by atoms with Crippen LogP contribution in [0.25, 0.3) is 10.2 Å². The lowest BCUT2D eigenvalue weighted by Gasteiger charge is -2.32. The fraction of sp³-hybridized carbons (Fsp3) is 0.269. The Labute approximate surface area is 213 Å². The number of benzene rings is 2. The minimum absolute atomic E-state index is 0.204. The van der Waals surface area contributed by atoms with Crippen molar-refractivity contribution in [2.75, 3.05) is 43.9 Å². The fourth-order valence-electron chi connectivity index (χ4n) is 4.11. The van der Waals surface area contributed by atoms with Crippen LogP contribution in [-0.4, -0.2) is 58.9 Å². The van der Waals surface area contributed by atoms with Gasteiger partial charge in [0.05, 0.1) is 20.9 Å². The molecule has 1 aliphatic rings. The number of fused-ring (bicyclic) bond motifs is 1. The molecule has 1 saturated heterocycles. The predicted molar refractivity (Wildman–Crippen MR) is 144 cm³/mol. The highest BCUT2D eigenvalue weighted by Gasteiger charge is 2.15. The summed E-state index contributed by atoms with van der Waals surface area (Å²) in [5, 5.41) is 7.52. The van der Waals surface area contributed by atoms with Crippen LogP contribution in [0.1, 0.15) is 21.5 Å². The number of rotatable bonds is 6. The minimum atomic E-state index is -0.204. The highest BCUT2D eigenvalue weighted by atomic mass is 35.5. The summed E-state index contributed by atoms with van der Waals surface area (Å²) in [6.45, 7) is 7.17. The van der Waals surface area contributed by atoms with Crippen LogP contribution in [-0.2, 0) is 6.54 Å². The quantitative estimate of drug-likeness (QED) is 0.365.